The topological polar surface area (TPSA) is 55.1 Å². The number of nitrogens with two attached hydrogens (primary N) is 1. The van der Waals surface area contributed by atoms with Crippen LogP contribution in [-0.2, 0) is 11.3 Å². The van der Waals surface area contributed by atoms with Crippen molar-refractivity contribution in [3.8, 4) is 0 Å². The van der Waals surface area contributed by atoms with Crippen molar-refractivity contribution in [1.82, 2.24) is 5.32 Å². The molecule has 1 rings (SSSR count). The van der Waals surface area contributed by atoms with E-state index in [0.29, 0.717) is 6.54 Å². The highest BCUT2D eigenvalue weighted by atomic mass is 16.1. The van der Waals surface area contributed by atoms with Gasteiger partial charge < -0.3 is 5.73 Å². The number of hydrogen-bond donors (Lipinski definition) is 2. The second-order valence-corrected chi connectivity index (χ2v) is 4.84. The summed E-state index contributed by atoms with van der Waals surface area (Å²) in [5.41, 5.74) is 8.26. The van der Waals surface area contributed by atoms with Gasteiger partial charge in [0.05, 0.1) is 5.54 Å². The molecule has 0 saturated heterocycles. The first-order valence-electron chi connectivity index (χ1n) is 5.43. The summed E-state index contributed by atoms with van der Waals surface area (Å²) in [6.45, 7) is 8.36. The maximum atomic E-state index is 11.1. The largest absolute Gasteiger partial charge is 0.368 e. The summed E-state index contributed by atoms with van der Waals surface area (Å²) in [4.78, 5) is 11.1. The highest BCUT2D eigenvalue weighted by molar-refractivity contribution is 5.83. The van der Waals surface area contributed by atoms with E-state index in [9.17, 15) is 4.79 Å². The number of aryl methyl sites for hydroxylation is 2. The molecule has 0 heterocycles. The number of amides is 1. The van der Waals surface area contributed by atoms with E-state index in [-0.39, 0.29) is 5.91 Å². The molecule has 1 aromatic rings. The first kappa shape index (κ1) is 12.7. The number of carbonyl (C=O) groups excluding carboxylic acids is 1. The van der Waals surface area contributed by atoms with Gasteiger partial charge in [0.2, 0.25) is 5.91 Å². The summed E-state index contributed by atoms with van der Waals surface area (Å²) in [6.07, 6.45) is 0. The Kier molecular flexibility index (Phi) is 3.70. The smallest absolute Gasteiger partial charge is 0.237 e. The molecule has 0 spiro atoms. The van der Waals surface area contributed by atoms with Crippen LogP contribution in [0.1, 0.15) is 30.5 Å². The molecule has 1 aromatic carbocycles. The molecule has 0 unspecified atom stereocenters. The van der Waals surface area contributed by atoms with Gasteiger partial charge in [-0.1, -0.05) is 29.3 Å². The maximum Gasteiger partial charge on any atom is 0.237 e. The zero-order chi connectivity index (χ0) is 12.3. The molecule has 3 heteroatoms. The molecule has 16 heavy (non-hydrogen) atoms. The summed E-state index contributed by atoms with van der Waals surface area (Å²) < 4.78 is 0. The van der Waals surface area contributed by atoms with Gasteiger partial charge in [0.15, 0.2) is 0 Å². The summed E-state index contributed by atoms with van der Waals surface area (Å²) in [6, 6.07) is 6.34. The van der Waals surface area contributed by atoms with Crippen molar-refractivity contribution < 1.29 is 4.79 Å². The Labute approximate surface area is 97.0 Å². The normalized spacial score (nSPS) is 11.5. The minimum absolute atomic E-state index is 0.336. The third-order valence-electron chi connectivity index (χ3n) is 2.63. The van der Waals surface area contributed by atoms with Crippen molar-refractivity contribution in [3.05, 3.63) is 34.9 Å². The second kappa shape index (κ2) is 4.66. The Hall–Kier alpha value is -1.35. The average Bonchev–Trinajstić information content (AvgIpc) is 2.13. The van der Waals surface area contributed by atoms with E-state index in [1.165, 1.54) is 16.7 Å². The zero-order valence-corrected chi connectivity index (χ0v) is 10.4. The van der Waals surface area contributed by atoms with E-state index in [4.69, 9.17) is 5.73 Å². The third kappa shape index (κ3) is 3.35. The number of rotatable bonds is 4. The maximum absolute atomic E-state index is 11.1. The summed E-state index contributed by atoms with van der Waals surface area (Å²) in [7, 11) is 0. The molecule has 3 N–H and O–H groups in total. The lowest BCUT2D eigenvalue weighted by molar-refractivity contribution is -0.123. The number of carbonyl (C=O) groups is 1. The quantitative estimate of drug-likeness (QED) is 0.810. The van der Waals surface area contributed by atoms with Crippen LogP contribution in [0.2, 0.25) is 0 Å². The lowest BCUT2D eigenvalue weighted by Gasteiger charge is -2.22. The van der Waals surface area contributed by atoms with Crippen LogP contribution >= 0.6 is 0 Å². The monoisotopic (exact) mass is 220 g/mol. The molecule has 0 atom stereocenters. The summed E-state index contributed by atoms with van der Waals surface area (Å²) in [5.74, 6) is -0.336. The van der Waals surface area contributed by atoms with E-state index in [1.54, 1.807) is 13.8 Å². The number of nitrogens with one attached hydrogen (secondary N) is 1. The molecular formula is C13H20N2O. The molecule has 1 amide bonds. The van der Waals surface area contributed by atoms with Crippen molar-refractivity contribution in [2.45, 2.75) is 39.8 Å². The standard InChI is InChI=1S/C13H20N2O/c1-9-5-10(2)7-11(6-9)8-15-13(3,4)12(14)16/h5-7,15H,8H2,1-4H3,(H2,14,16). The lowest BCUT2D eigenvalue weighted by atomic mass is 10.0. The lowest BCUT2D eigenvalue weighted by Crippen LogP contribution is -2.50. The van der Waals surface area contributed by atoms with Gasteiger partial charge >= 0.3 is 0 Å². The van der Waals surface area contributed by atoms with Gasteiger partial charge in [0, 0.05) is 6.54 Å². The molecule has 0 radical (unpaired) electrons. The van der Waals surface area contributed by atoms with Gasteiger partial charge in [0.1, 0.15) is 0 Å². The van der Waals surface area contributed by atoms with E-state index in [0.717, 1.165) is 0 Å². The second-order valence-electron chi connectivity index (χ2n) is 4.84. The van der Waals surface area contributed by atoms with Gasteiger partial charge in [-0.2, -0.15) is 0 Å². The Morgan fingerprint density at radius 2 is 1.75 bits per heavy atom. The van der Waals surface area contributed by atoms with Crippen LogP contribution in [0.3, 0.4) is 0 Å². The predicted octanol–water partition coefficient (Wildman–Crippen LogP) is 1.66. The summed E-state index contributed by atoms with van der Waals surface area (Å²) in [5, 5.41) is 3.15. The number of hydrogen-bond acceptors (Lipinski definition) is 2. The van der Waals surface area contributed by atoms with E-state index in [2.05, 4.69) is 37.4 Å². The molecule has 88 valence electrons. The van der Waals surface area contributed by atoms with Crippen molar-refractivity contribution >= 4 is 5.91 Å². The summed E-state index contributed by atoms with van der Waals surface area (Å²) >= 11 is 0. The van der Waals surface area contributed by atoms with Crippen LogP contribution in [0.5, 0.6) is 0 Å². The molecular weight excluding hydrogens is 200 g/mol. The van der Waals surface area contributed by atoms with Crippen LogP contribution in [0.25, 0.3) is 0 Å². The van der Waals surface area contributed by atoms with Crippen LogP contribution in [0.4, 0.5) is 0 Å². The molecule has 0 aliphatic heterocycles. The van der Waals surface area contributed by atoms with Gasteiger partial charge in [-0.25, -0.2) is 0 Å². The SMILES string of the molecule is Cc1cc(C)cc(CNC(C)(C)C(N)=O)c1. The van der Waals surface area contributed by atoms with Crippen LogP contribution in [0, 0.1) is 13.8 Å². The Balaban J connectivity index is 2.71. The Morgan fingerprint density at radius 3 is 2.19 bits per heavy atom. The first-order valence-corrected chi connectivity index (χ1v) is 5.43. The minimum atomic E-state index is -0.669. The van der Waals surface area contributed by atoms with E-state index >= 15 is 0 Å². The molecule has 0 saturated carbocycles. The van der Waals surface area contributed by atoms with Crippen LogP contribution in [0.15, 0.2) is 18.2 Å². The van der Waals surface area contributed by atoms with Crippen LogP contribution in [-0.4, -0.2) is 11.4 Å². The number of primary amides is 1. The zero-order valence-electron chi connectivity index (χ0n) is 10.4. The molecule has 3 nitrogen and oxygen atoms in total. The molecule has 0 aromatic heterocycles. The molecule has 0 aliphatic carbocycles. The average molecular weight is 220 g/mol. The fourth-order valence-corrected chi connectivity index (χ4v) is 1.58. The number of benzene rings is 1. The highest BCUT2D eigenvalue weighted by Gasteiger charge is 2.23. The fourth-order valence-electron chi connectivity index (χ4n) is 1.58. The van der Waals surface area contributed by atoms with Gasteiger partial charge in [-0.05, 0) is 33.3 Å². The van der Waals surface area contributed by atoms with Crippen molar-refractivity contribution in [2.75, 3.05) is 0 Å². The van der Waals surface area contributed by atoms with Crippen molar-refractivity contribution in [2.24, 2.45) is 5.73 Å². The highest BCUT2D eigenvalue weighted by Crippen LogP contribution is 2.10. The van der Waals surface area contributed by atoms with Gasteiger partial charge in [-0.15, -0.1) is 0 Å². The molecule has 0 bridgehead atoms. The first-order chi connectivity index (χ1) is 7.31. The molecule has 0 fully saturated rings. The van der Waals surface area contributed by atoms with Crippen LogP contribution < -0.4 is 11.1 Å². The minimum Gasteiger partial charge on any atom is -0.368 e. The Morgan fingerprint density at radius 1 is 1.25 bits per heavy atom. The van der Waals surface area contributed by atoms with Gasteiger partial charge in [-0.3, -0.25) is 10.1 Å². The van der Waals surface area contributed by atoms with Crippen molar-refractivity contribution in [1.29, 1.82) is 0 Å². The van der Waals surface area contributed by atoms with E-state index in [1.807, 2.05) is 0 Å². The Bertz CT molecular complexity index is 377. The van der Waals surface area contributed by atoms with E-state index < -0.39 is 5.54 Å². The molecule has 0 aliphatic rings. The fraction of sp³-hybridized carbons (Fsp3) is 0.462. The predicted molar refractivity (Wildman–Crippen MR) is 66.0 cm³/mol. The van der Waals surface area contributed by atoms with Gasteiger partial charge in [0.25, 0.3) is 0 Å². The third-order valence-corrected chi connectivity index (χ3v) is 2.63. The van der Waals surface area contributed by atoms with Crippen molar-refractivity contribution in [3.63, 3.8) is 0 Å².